The molecule has 0 heterocycles. The molecule has 5 aliphatic rings. The van der Waals surface area contributed by atoms with Crippen molar-refractivity contribution in [1.29, 1.82) is 0 Å². The van der Waals surface area contributed by atoms with Crippen molar-refractivity contribution < 1.29 is 15.0 Å². The number of hydrogen-bond donors (Lipinski definition) is 2. The number of fused-ring (bicyclic) bond motifs is 7. The molecule has 2 N–H and O–H groups in total. The molecule has 3 nitrogen and oxygen atoms in total. The van der Waals surface area contributed by atoms with E-state index in [4.69, 9.17) is 0 Å². The van der Waals surface area contributed by atoms with Crippen molar-refractivity contribution in [2.45, 2.75) is 86.0 Å². The summed E-state index contributed by atoms with van der Waals surface area (Å²) in [4.78, 5) is 12.8. The number of aliphatic hydroxyl groups is 2. The van der Waals surface area contributed by atoms with Gasteiger partial charge in [0, 0.05) is 12.0 Å². The van der Waals surface area contributed by atoms with Crippen LogP contribution in [0.4, 0.5) is 0 Å². The largest absolute Gasteiger partial charge is 0.396 e. The Morgan fingerprint density at radius 2 is 1.67 bits per heavy atom. The first kappa shape index (κ1) is 23.8. The third-order valence-corrected chi connectivity index (χ3v) is 12.9. The fourth-order valence-corrected chi connectivity index (χ4v) is 10.9. The Hall–Kier alpha value is -0.930. The Morgan fingerprint density at radius 1 is 0.939 bits per heavy atom. The zero-order valence-corrected chi connectivity index (χ0v) is 21.6. The van der Waals surface area contributed by atoms with Gasteiger partial charge in [0.25, 0.3) is 0 Å². The summed E-state index contributed by atoms with van der Waals surface area (Å²) in [7, 11) is 0. The summed E-state index contributed by atoms with van der Waals surface area (Å²) >= 11 is 0. The van der Waals surface area contributed by atoms with E-state index in [0.717, 1.165) is 31.3 Å². The van der Waals surface area contributed by atoms with E-state index in [1.807, 2.05) is 6.08 Å². The Labute approximate surface area is 201 Å². The molecule has 0 spiro atoms. The van der Waals surface area contributed by atoms with Crippen LogP contribution in [0.25, 0.3) is 0 Å². The van der Waals surface area contributed by atoms with E-state index in [1.165, 1.54) is 25.7 Å². The Bertz CT molecular complexity index is 887. The molecular formula is C30H46O3. The number of carbonyl (C=O) groups excluding carboxylic acids is 1. The van der Waals surface area contributed by atoms with Crippen molar-refractivity contribution in [3.63, 3.8) is 0 Å². The summed E-state index contributed by atoms with van der Waals surface area (Å²) in [6.07, 6.45) is 13.4. The standard InChI is InChI=1S/C30H46O3/c1-19(17-31)20-9-14-30(18-32)16-15-28(5)21(25(20)30)7-8-23-27(4)12-11-24(33)26(2,3)22(27)10-13-29(23,28)6/h11-12,20-23,25,31-32H,1,7-10,13-18H2,2-6H3/t20-,21+,22-,23+,25+,27-,28+,29+,30+/m0/s1. The Balaban J connectivity index is 1.57. The molecule has 0 aromatic carbocycles. The molecule has 4 fully saturated rings. The van der Waals surface area contributed by atoms with Gasteiger partial charge in [-0.15, -0.1) is 0 Å². The highest BCUT2D eigenvalue weighted by atomic mass is 16.3. The lowest BCUT2D eigenvalue weighted by Gasteiger charge is -2.71. The average Bonchev–Trinajstić information content (AvgIpc) is 3.17. The molecule has 0 bridgehead atoms. The highest BCUT2D eigenvalue weighted by Gasteiger charge is 2.70. The van der Waals surface area contributed by atoms with Gasteiger partial charge < -0.3 is 10.2 Å². The maximum Gasteiger partial charge on any atom is 0.161 e. The zero-order valence-electron chi connectivity index (χ0n) is 21.6. The van der Waals surface area contributed by atoms with E-state index in [2.05, 4.69) is 47.3 Å². The molecule has 0 amide bonds. The van der Waals surface area contributed by atoms with Gasteiger partial charge in [-0.3, -0.25) is 4.79 Å². The number of hydrogen-bond acceptors (Lipinski definition) is 3. The highest BCUT2D eigenvalue weighted by molar-refractivity contribution is 5.95. The summed E-state index contributed by atoms with van der Waals surface area (Å²) < 4.78 is 0. The smallest absolute Gasteiger partial charge is 0.161 e. The maximum atomic E-state index is 12.8. The minimum atomic E-state index is -0.281. The molecule has 0 aliphatic heterocycles. The molecule has 184 valence electrons. The first-order chi connectivity index (χ1) is 15.4. The van der Waals surface area contributed by atoms with E-state index < -0.39 is 0 Å². The normalized spacial score (nSPS) is 52.5. The van der Waals surface area contributed by atoms with Crippen LogP contribution in [-0.4, -0.2) is 29.2 Å². The third kappa shape index (κ3) is 2.79. The van der Waals surface area contributed by atoms with Crippen LogP contribution < -0.4 is 0 Å². The first-order valence-electron chi connectivity index (χ1n) is 13.5. The average molecular weight is 455 g/mol. The second-order valence-electron chi connectivity index (χ2n) is 14.0. The van der Waals surface area contributed by atoms with Crippen LogP contribution in [0.3, 0.4) is 0 Å². The van der Waals surface area contributed by atoms with Crippen LogP contribution in [0.15, 0.2) is 24.3 Å². The molecule has 33 heavy (non-hydrogen) atoms. The monoisotopic (exact) mass is 454 g/mol. The van der Waals surface area contributed by atoms with Crippen LogP contribution >= 0.6 is 0 Å². The van der Waals surface area contributed by atoms with E-state index in [0.29, 0.717) is 35.4 Å². The van der Waals surface area contributed by atoms with Crippen LogP contribution in [0.2, 0.25) is 0 Å². The zero-order chi connectivity index (χ0) is 24.0. The molecule has 0 aromatic rings. The molecule has 9 atom stereocenters. The van der Waals surface area contributed by atoms with Gasteiger partial charge in [-0.1, -0.05) is 47.3 Å². The lowest BCUT2D eigenvalue weighted by Crippen LogP contribution is -2.65. The van der Waals surface area contributed by atoms with Crippen molar-refractivity contribution in [3.05, 3.63) is 24.3 Å². The van der Waals surface area contributed by atoms with Crippen molar-refractivity contribution in [2.75, 3.05) is 13.2 Å². The minimum Gasteiger partial charge on any atom is -0.396 e. The van der Waals surface area contributed by atoms with Crippen LogP contribution in [-0.2, 0) is 4.79 Å². The predicted octanol–water partition coefficient (Wildman–Crippen LogP) is 5.95. The second kappa shape index (κ2) is 7.29. The van der Waals surface area contributed by atoms with Crippen molar-refractivity contribution in [3.8, 4) is 0 Å². The van der Waals surface area contributed by atoms with Crippen molar-refractivity contribution >= 4 is 5.78 Å². The van der Waals surface area contributed by atoms with Gasteiger partial charge >= 0.3 is 0 Å². The number of aliphatic hydroxyl groups excluding tert-OH is 2. The molecule has 4 saturated carbocycles. The SMILES string of the molecule is C=C(CO)[C@@H]1CC[C@]2(CO)CC[C@]3(C)[C@H](CC[C@@H]4[C@@]5(C)C=CC(=O)C(C)(C)[C@@H]5CC[C@]43C)[C@@H]12. The van der Waals surface area contributed by atoms with Crippen LogP contribution in [0, 0.1) is 56.7 Å². The number of allylic oxidation sites excluding steroid dienone is 2. The number of rotatable bonds is 3. The van der Waals surface area contributed by atoms with Gasteiger partial charge in [-0.25, -0.2) is 0 Å². The third-order valence-electron chi connectivity index (χ3n) is 12.9. The van der Waals surface area contributed by atoms with Gasteiger partial charge in [-0.05, 0) is 114 Å². The van der Waals surface area contributed by atoms with E-state index in [1.54, 1.807) is 0 Å². The maximum absolute atomic E-state index is 12.8. The predicted molar refractivity (Wildman–Crippen MR) is 132 cm³/mol. The molecule has 0 radical (unpaired) electrons. The summed E-state index contributed by atoms with van der Waals surface area (Å²) in [6, 6.07) is 0. The number of ketones is 1. The molecule has 0 unspecified atom stereocenters. The summed E-state index contributed by atoms with van der Waals surface area (Å²) in [5.74, 6) is 2.63. The fraction of sp³-hybridized carbons (Fsp3) is 0.833. The summed E-state index contributed by atoms with van der Waals surface area (Å²) in [5.41, 5.74) is 1.21. The van der Waals surface area contributed by atoms with Gasteiger partial charge in [0.15, 0.2) is 5.78 Å². The van der Waals surface area contributed by atoms with Crippen molar-refractivity contribution in [2.24, 2.45) is 56.7 Å². The topological polar surface area (TPSA) is 57.5 Å². The molecule has 5 aliphatic carbocycles. The molecule has 3 heteroatoms. The van der Waals surface area contributed by atoms with E-state index >= 15 is 0 Å². The minimum absolute atomic E-state index is 0.0103. The summed E-state index contributed by atoms with van der Waals surface area (Å²) in [6.45, 7) is 16.6. The quantitative estimate of drug-likeness (QED) is 0.518. The molecule has 0 saturated heterocycles. The van der Waals surface area contributed by atoms with Crippen molar-refractivity contribution in [1.82, 2.24) is 0 Å². The number of carbonyl (C=O) groups is 1. The molecular weight excluding hydrogens is 408 g/mol. The highest BCUT2D eigenvalue weighted by Crippen LogP contribution is 2.76. The van der Waals surface area contributed by atoms with Gasteiger partial charge in [0.2, 0.25) is 0 Å². The van der Waals surface area contributed by atoms with Crippen LogP contribution in [0.5, 0.6) is 0 Å². The molecule has 5 rings (SSSR count). The Kier molecular flexibility index (Phi) is 5.26. The second-order valence-corrected chi connectivity index (χ2v) is 14.0. The van der Waals surface area contributed by atoms with E-state index in [-0.39, 0.29) is 40.3 Å². The first-order valence-corrected chi connectivity index (χ1v) is 13.5. The van der Waals surface area contributed by atoms with Gasteiger partial charge in [-0.2, -0.15) is 0 Å². The molecule has 0 aromatic heterocycles. The summed E-state index contributed by atoms with van der Waals surface area (Å²) in [5, 5.41) is 20.6. The Morgan fingerprint density at radius 3 is 2.33 bits per heavy atom. The van der Waals surface area contributed by atoms with E-state index in [9.17, 15) is 15.0 Å². The van der Waals surface area contributed by atoms with Gasteiger partial charge in [0.1, 0.15) is 0 Å². The lowest BCUT2D eigenvalue weighted by molar-refractivity contribution is -0.221. The van der Waals surface area contributed by atoms with Gasteiger partial charge in [0.05, 0.1) is 6.61 Å². The van der Waals surface area contributed by atoms with Crippen LogP contribution in [0.1, 0.15) is 86.0 Å². The fourth-order valence-electron chi connectivity index (χ4n) is 10.9. The lowest BCUT2D eigenvalue weighted by atomic mass is 9.33.